The number of hydrogen-bond acceptors (Lipinski definition) is 4. The van der Waals surface area contributed by atoms with Gasteiger partial charge in [-0.15, -0.1) is 0 Å². The highest BCUT2D eigenvalue weighted by Crippen LogP contribution is 2.19. The second-order valence-corrected chi connectivity index (χ2v) is 5.22. The van der Waals surface area contributed by atoms with Crippen molar-refractivity contribution in [2.75, 3.05) is 18.5 Å². The number of carbonyl (C=O) groups excluding carboxylic acids is 2. The fourth-order valence-electron chi connectivity index (χ4n) is 1.96. The minimum Gasteiger partial charge on any atom is -0.482 e. The molecule has 0 heterocycles. The van der Waals surface area contributed by atoms with Gasteiger partial charge in [-0.3, -0.25) is 4.79 Å². The van der Waals surface area contributed by atoms with Crippen LogP contribution in [0.2, 0.25) is 0 Å². The fourth-order valence-corrected chi connectivity index (χ4v) is 1.96. The van der Waals surface area contributed by atoms with Gasteiger partial charge in [-0.1, -0.05) is 19.1 Å². The van der Waals surface area contributed by atoms with E-state index in [0.29, 0.717) is 11.8 Å². The minimum atomic E-state index is -1.71. The smallest absolute Gasteiger partial charge is 0.344 e. The van der Waals surface area contributed by atoms with Crippen LogP contribution in [0.3, 0.4) is 0 Å². The molecule has 0 radical (unpaired) electrons. The Bertz CT molecular complexity index is 794. The standard InChI is InChI=1S/C18H16F3NO4/c1-2-11-3-5-12(6-4-11)25-10-16(24)26-9-15(23)22-14-8-7-13(19)17(20)18(14)21/h3-8H,2,9-10H2,1H3,(H,22,23). The highest BCUT2D eigenvalue weighted by Gasteiger charge is 2.16. The van der Waals surface area contributed by atoms with Crippen molar-refractivity contribution in [3.63, 3.8) is 0 Å². The van der Waals surface area contributed by atoms with Crippen molar-refractivity contribution in [2.24, 2.45) is 0 Å². The molecule has 0 unspecified atom stereocenters. The number of hydrogen-bond donors (Lipinski definition) is 1. The van der Waals surface area contributed by atoms with Gasteiger partial charge in [0.15, 0.2) is 30.7 Å². The molecule has 1 N–H and O–H groups in total. The Morgan fingerprint density at radius 3 is 2.31 bits per heavy atom. The topological polar surface area (TPSA) is 64.6 Å². The maximum atomic E-state index is 13.4. The molecule has 0 aliphatic rings. The molecule has 26 heavy (non-hydrogen) atoms. The van der Waals surface area contributed by atoms with Crippen molar-refractivity contribution in [1.29, 1.82) is 0 Å². The van der Waals surface area contributed by atoms with Gasteiger partial charge in [-0.25, -0.2) is 18.0 Å². The van der Waals surface area contributed by atoms with Gasteiger partial charge in [0.05, 0.1) is 5.69 Å². The maximum absolute atomic E-state index is 13.4. The van der Waals surface area contributed by atoms with Crippen molar-refractivity contribution in [2.45, 2.75) is 13.3 Å². The van der Waals surface area contributed by atoms with E-state index in [-0.39, 0.29) is 0 Å². The lowest BCUT2D eigenvalue weighted by Crippen LogP contribution is -2.24. The molecule has 1 amide bonds. The number of anilines is 1. The number of halogens is 3. The Morgan fingerprint density at radius 1 is 0.962 bits per heavy atom. The molecular formula is C18H16F3NO4. The molecular weight excluding hydrogens is 351 g/mol. The van der Waals surface area contributed by atoms with Crippen LogP contribution >= 0.6 is 0 Å². The molecule has 0 aliphatic carbocycles. The Balaban J connectivity index is 1.77. The SMILES string of the molecule is CCc1ccc(OCC(=O)OCC(=O)Nc2ccc(F)c(F)c2F)cc1. The van der Waals surface area contributed by atoms with Gasteiger partial charge in [0.25, 0.3) is 5.91 Å². The zero-order valence-corrected chi connectivity index (χ0v) is 13.9. The summed E-state index contributed by atoms with van der Waals surface area (Å²) in [6.07, 6.45) is 0.871. The molecule has 2 aromatic rings. The molecule has 0 atom stereocenters. The summed E-state index contributed by atoms with van der Waals surface area (Å²) in [4.78, 5) is 23.1. The highest BCUT2D eigenvalue weighted by atomic mass is 19.2. The van der Waals surface area contributed by atoms with Crippen LogP contribution in [-0.4, -0.2) is 25.1 Å². The number of amides is 1. The number of rotatable bonds is 7. The molecule has 0 bridgehead atoms. The number of aryl methyl sites for hydroxylation is 1. The number of carbonyl (C=O) groups is 2. The van der Waals surface area contributed by atoms with Crippen LogP contribution in [0.5, 0.6) is 5.75 Å². The predicted octanol–water partition coefficient (Wildman–Crippen LogP) is 3.23. The van der Waals surface area contributed by atoms with Crippen molar-refractivity contribution in [3.8, 4) is 5.75 Å². The zero-order valence-electron chi connectivity index (χ0n) is 13.9. The summed E-state index contributed by atoms with van der Waals surface area (Å²) in [7, 11) is 0. The monoisotopic (exact) mass is 367 g/mol. The summed E-state index contributed by atoms with van der Waals surface area (Å²) in [6, 6.07) is 8.62. The molecule has 2 rings (SSSR count). The van der Waals surface area contributed by atoms with Gasteiger partial charge < -0.3 is 14.8 Å². The Hall–Kier alpha value is -3.03. The Kier molecular flexibility index (Phi) is 6.60. The van der Waals surface area contributed by atoms with Crippen LogP contribution in [0.4, 0.5) is 18.9 Å². The van der Waals surface area contributed by atoms with Crippen molar-refractivity contribution < 1.29 is 32.2 Å². The molecule has 0 aliphatic heterocycles. The van der Waals surface area contributed by atoms with E-state index < -0.39 is 48.2 Å². The lowest BCUT2D eigenvalue weighted by atomic mass is 10.2. The molecule has 5 nitrogen and oxygen atoms in total. The van der Waals surface area contributed by atoms with Gasteiger partial charge in [-0.2, -0.15) is 0 Å². The summed E-state index contributed by atoms with van der Waals surface area (Å²) in [6.45, 7) is 0.859. The zero-order chi connectivity index (χ0) is 19.1. The van der Waals surface area contributed by atoms with Crippen LogP contribution in [-0.2, 0) is 20.7 Å². The van der Waals surface area contributed by atoms with E-state index in [9.17, 15) is 22.8 Å². The van der Waals surface area contributed by atoms with E-state index in [0.717, 1.165) is 18.1 Å². The summed E-state index contributed by atoms with van der Waals surface area (Å²) < 4.78 is 49.2. The van der Waals surface area contributed by atoms with Crippen LogP contribution in [0.1, 0.15) is 12.5 Å². The summed E-state index contributed by atoms with van der Waals surface area (Å²) in [5.74, 6) is -5.88. The first-order chi connectivity index (χ1) is 12.4. The lowest BCUT2D eigenvalue weighted by molar-refractivity contribution is -0.149. The van der Waals surface area contributed by atoms with Crippen LogP contribution in [0, 0.1) is 17.5 Å². The van der Waals surface area contributed by atoms with Gasteiger partial charge in [0, 0.05) is 0 Å². The second kappa shape index (κ2) is 8.89. The first-order valence-electron chi connectivity index (χ1n) is 7.71. The number of ether oxygens (including phenoxy) is 2. The van der Waals surface area contributed by atoms with E-state index in [2.05, 4.69) is 4.74 Å². The summed E-state index contributed by atoms with van der Waals surface area (Å²) in [5, 5.41) is 1.98. The van der Waals surface area contributed by atoms with E-state index >= 15 is 0 Å². The van der Waals surface area contributed by atoms with E-state index in [1.807, 2.05) is 24.4 Å². The third kappa shape index (κ3) is 5.23. The Labute approximate surface area is 147 Å². The molecule has 0 saturated carbocycles. The van der Waals surface area contributed by atoms with Gasteiger partial charge >= 0.3 is 5.97 Å². The first-order valence-corrected chi connectivity index (χ1v) is 7.71. The lowest BCUT2D eigenvalue weighted by Gasteiger charge is -2.09. The Morgan fingerprint density at radius 2 is 1.65 bits per heavy atom. The number of nitrogens with one attached hydrogen (secondary N) is 1. The highest BCUT2D eigenvalue weighted by molar-refractivity contribution is 5.93. The van der Waals surface area contributed by atoms with Gasteiger partial charge in [-0.05, 0) is 36.2 Å². The number of esters is 1. The van der Waals surface area contributed by atoms with Crippen molar-refractivity contribution >= 4 is 17.6 Å². The average Bonchev–Trinajstić information content (AvgIpc) is 2.65. The molecule has 138 valence electrons. The molecule has 0 spiro atoms. The van der Waals surface area contributed by atoms with Gasteiger partial charge in [0.2, 0.25) is 0 Å². The van der Waals surface area contributed by atoms with Crippen LogP contribution < -0.4 is 10.1 Å². The van der Waals surface area contributed by atoms with E-state index in [1.165, 1.54) is 0 Å². The minimum absolute atomic E-state index is 0.418. The maximum Gasteiger partial charge on any atom is 0.344 e. The molecule has 0 fully saturated rings. The van der Waals surface area contributed by atoms with Gasteiger partial charge in [0.1, 0.15) is 5.75 Å². The molecule has 0 saturated heterocycles. The summed E-state index contributed by atoms with van der Waals surface area (Å²) >= 11 is 0. The fraction of sp³-hybridized carbons (Fsp3) is 0.222. The largest absolute Gasteiger partial charge is 0.482 e. The third-order valence-electron chi connectivity index (χ3n) is 3.36. The number of benzene rings is 2. The van der Waals surface area contributed by atoms with E-state index in [4.69, 9.17) is 4.74 Å². The van der Waals surface area contributed by atoms with Crippen molar-refractivity contribution in [3.05, 3.63) is 59.4 Å². The molecule has 0 aromatic heterocycles. The quantitative estimate of drug-likeness (QED) is 0.603. The molecule has 2 aromatic carbocycles. The second-order valence-electron chi connectivity index (χ2n) is 5.22. The predicted molar refractivity (Wildman–Crippen MR) is 87.2 cm³/mol. The first kappa shape index (κ1) is 19.3. The van der Waals surface area contributed by atoms with Crippen molar-refractivity contribution in [1.82, 2.24) is 0 Å². The van der Waals surface area contributed by atoms with Crippen LogP contribution in [0.25, 0.3) is 0 Å². The third-order valence-corrected chi connectivity index (χ3v) is 3.36. The summed E-state index contributed by atoms with van der Waals surface area (Å²) in [5.41, 5.74) is 0.554. The average molecular weight is 367 g/mol. The normalized spacial score (nSPS) is 10.3. The molecule has 8 heteroatoms. The van der Waals surface area contributed by atoms with Crippen LogP contribution in [0.15, 0.2) is 36.4 Å². The van der Waals surface area contributed by atoms with E-state index in [1.54, 1.807) is 12.1 Å².